The molecule has 0 spiro atoms. The Hall–Kier alpha value is -7.70. The highest BCUT2D eigenvalue weighted by Crippen LogP contribution is 2.51. The van der Waals surface area contributed by atoms with Gasteiger partial charge in [-0.15, -0.1) is 0 Å². The van der Waals surface area contributed by atoms with Crippen LogP contribution in [0.15, 0.2) is 57.5 Å². The monoisotopic (exact) mass is 1220 g/mol. The van der Waals surface area contributed by atoms with E-state index in [1.165, 1.54) is 46.1 Å². The third-order valence-electron chi connectivity index (χ3n) is 16.2. The van der Waals surface area contributed by atoms with E-state index in [9.17, 15) is 63.2 Å². The number of aromatic nitrogens is 1. The van der Waals surface area contributed by atoms with Crippen molar-refractivity contribution in [1.29, 1.82) is 0 Å². The number of aliphatic hydroxyl groups excluding tert-OH is 1. The minimum atomic E-state index is -4.97. The Kier molecular flexibility index (Phi) is 20.6. The number of phenolic OH excluding ortho intramolecular Hbond substituents is 2. The molecule has 2 aromatic rings. The smallest absolute Gasteiger partial charge is 0.355 e. The zero-order valence-corrected chi connectivity index (χ0v) is 50.9. The lowest BCUT2D eigenvalue weighted by atomic mass is 9.77. The zero-order chi connectivity index (χ0) is 63.4. The van der Waals surface area contributed by atoms with Gasteiger partial charge in [0.15, 0.2) is 23.4 Å². The van der Waals surface area contributed by atoms with Gasteiger partial charge in [-0.2, -0.15) is 0 Å². The topological polar surface area (TPSA) is 360 Å². The number of Topliss-reactive ketones (excluding diaryl/α,β-unsaturated/α-hetero) is 1. The summed E-state index contributed by atoms with van der Waals surface area (Å²) in [6, 6.07) is 3.21. The third-order valence-corrected chi connectivity index (χ3v) is 17.2. The number of benzene rings is 3. The maximum atomic E-state index is 15.1. The standard InChI is InChI=1S/C60H77N6O19P/c1-29(2)27-65-20-22-66(23-21-65)38-25-39(69)48-40(26-38)83-57-49(63-48)45-46-52(74)36(9)56-47(45)58(76)60(11,85-56)81-24-18-30(3)33(6)55(82-37(10)68)35(8)51(73)34(7)54(31(4)13-12-14-32(5)59(77)64-50(57)53(46)75)84-44(72)16-15-41(70)61-19-17-42(71)62-43(28-67)86(78,79)80/h12-14,18,24-26,28-31,33-35,43,51,54-55,69,73-74H,15-17,19-23,27H2,1-11H3,(H,61,70)(H,62,71)(H,64,77)(H2,78,79,80)/b13-12+,24-18+,32-14-/t30-,31-,33+,34-,35+,43?,51+,54-,55+,60-/m0/s1. The second-order valence-corrected chi connectivity index (χ2v) is 24.9. The SMILES string of the molecule is CC(=O)O[C@H]1[C@H](C)[C@H](O)[C@H](C)[C@@H](OC(=O)CCC(=O)NCCC(=O)NC(C=O)P(=O)(O)O)[C@@H](C)/C=C/C=C(/C)C(=O)Nc2c3oc4cc(N5CCN(CC(C)C)CC5)cc(O)c4nc-3c3c4c(c(C)c(O)c3c2=O)O[C@](C)(O/C=C/[C@H](C)[C@H]1C)C4=O. The number of phenols is 2. The Bertz CT molecular complexity index is 3470. The van der Waals surface area contributed by atoms with Gasteiger partial charge in [-0.1, -0.05) is 66.7 Å². The van der Waals surface area contributed by atoms with Crippen LogP contribution in [0.5, 0.6) is 17.2 Å². The van der Waals surface area contributed by atoms with Crippen molar-refractivity contribution in [2.45, 2.75) is 125 Å². The van der Waals surface area contributed by atoms with E-state index in [4.69, 9.17) is 28.3 Å². The number of aromatic hydroxyl groups is 2. The number of carbonyl (C=O) groups excluding carboxylic acids is 7. The van der Waals surface area contributed by atoms with Crippen LogP contribution < -0.4 is 31.0 Å². The summed E-state index contributed by atoms with van der Waals surface area (Å²) in [7, 11) is -4.97. The maximum Gasteiger partial charge on any atom is 0.355 e. The number of nitrogens with one attached hydrogen (secondary N) is 3. The second-order valence-electron chi connectivity index (χ2n) is 23.2. The Labute approximate surface area is 496 Å². The van der Waals surface area contributed by atoms with Gasteiger partial charge in [-0.05, 0) is 37.7 Å². The van der Waals surface area contributed by atoms with E-state index in [1.807, 2.05) is 5.32 Å². The number of carbonyl (C=O) groups is 7. The summed E-state index contributed by atoms with van der Waals surface area (Å²) >= 11 is 0. The molecule has 1 unspecified atom stereocenters. The molecule has 26 heteroatoms. The molecule has 0 aromatic heterocycles. The quantitative estimate of drug-likeness (QED) is 0.0246. The fourth-order valence-electron chi connectivity index (χ4n) is 11.1. The number of fused-ring (bicyclic) bond motifs is 14. The van der Waals surface area contributed by atoms with Crippen molar-refractivity contribution in [3.8, 4) is 28.7 Å². The summed E-state index contributed by atoms with van der Waals surface area (Å²) in [5, 5.41) is 42.2. The molecule has 0 radical (unpaired) electrons. The van der Waals surface area contributed by atoms with Gasteiger partial charge < -0.3 is 74.1 Å². The zero-order valence-electron chi connectivity index (χ0n) is 50.0. The second kappa shape index (κ2) is 26.9. The number of nitrogens with zero attached hydrogens (tertiary/aromatic N) is 3. The Morgan fingerprint density at radius 1 is 0.907 bits per heavy atom. The predicted octanol–water partition coefficient (Wildman–Crippen LogP) is 5.71. The average molecular weight is 1220 g/mol. The summed E-state index contributed by atoms with van der Waals surface area (Å²) in [6.45, 7) is 21.7. The molecule has 1 saturated heterocycles. The number of rotatable bonds is 14. The molecule has 8 N–H and O–H groups in total. The first kappa shape index (κ1) is 65.8. The summed E-state index contributed by atoms with van der Waals surface area (Å²) in [6.07, 6.45) is 2.37. The first-order chi connectivity index (χ1) is 40.4. The van der Waals surface area contributed by atoms with Crippen LogP contribution in [0.2, 0.25) is 0 Å². The van der Waals surface area contributed by atoms with E-state index in [-0.39, 0.29) is 69.0 Å². The van der Waals surface area contributed by atoms with Crippen molar-refractivity contribution in [2.75, 3.05) is 49.5 Å². The van der Waals surface area contributed by atoms with Crippen LogP contribution >= 0.6 is 7.60 Å². The highest BCUT2D eigenvalue weighted by molar-refractivity contribution is 7.53. The first-order valence-electron chi connectivity index (χ1n) is 28.5. The third kappa shape index (κ3) is 14.4. The minimum absolute atomic E-state index is 0.0105. The van der Waals surface area contributed by atoms with Gasteiger partial charge in [-0.25, -0.2) is 4.98 Å². The van der Waals surface area contributed by atoms with Crippen molar-refractivity contribution in [2.24, 2.45) is 35.5 Å². The van der Waals surface area contributed by atoms with Crippen LogP contribution in [0.3, 0.4) is 0 Å². The van der Waals surface area contributed by atoms with Gasteiger partial charge in [0.1, 0.15) is 46.4 Å². The molecule has 466 valence electrons. The van der Waals surface area contributed by atoms with Crippen molar-refractivity contribution >= 4 is 82.6 Å². The molecule has 1 fully saturated rings. The Morgan fingerprint density at radius 3 is 2.22 bits per heavy atom. The van der Waals surface area contributed by atoms with Crippen LogP contribution in [-0.2, 0) is 47.5 Å². The largest absolute Gasteiger partial charge is 0.507 e. The van der Waals surface area contributed by atoms with Gasteiger partial charge in [0.25, 0.3) is 11.7 Å². The highest BCUT2D eigenvalue weighted by atomic mass is 31.2. The fraction of sp³-hybridized carbons (Fsp3) is 0.517. The van der Waals surface area contributed by atoms with Crippen LogP contribution in [-0.4, -0.2) is 146 Å². The maximum absolute atomic E-state index is 15.1. The number of allylic oxidation sites excluding steroid dienone is 3. The molecular formula is C60H77N6O19P. The Balaban J connectivity index is 1.28. The number of aldehydes is 1. The average Bonchev–Trinajstić information content (AvgIpc) is 1.36. The van der Waals surface area contributed by atoms with Gasteiger partial charge in [0.2, 0.25) is 17.2 Å². The number of piperazine rings is 1. The van der Waals surface area contributed by atoms with E-state index in [2.05, 4.69) is 34.3 Å². The van der Waals surface area contributed by atoms with Crippen LogP contribution in [0, 0.1) is 42.4 Å². The predicted molar refractivity (Wildman–Crippen MR) is 315 cm³/mol. The molecule has 10 atom stereocenters. The summed E-state index contributed by atoms with van der Waals surface area (Å²) in [5.41, 5.74) is -1.19. The molecule has 1 aliphatic carbocycles. The molecule has 6 aliphatic rings. The molecule has 5 heterocycles. The van der Waals surface area contributed by atoms with E-state index in [1.54, 1.807) is 58.9 Å². The molecule has 0 saturated carbocycles. The van der Waals surface area contributed by atoms with Crippen LogP contribution in [0.1, 0.15) is 104 Å². The number of aliphatic hydroxyl groups is 1. The Morgan fingerprint density at radius 2 is 1.58 bits per heavy atom. The number of hydrogen-bond acceptors (Lipinski definition) is 20. The van der Waals surface area contributed by atoms with E-state index in [0.717, 1.165) is 19.6 Å². The van der Waals surface area contributed by atoms with Crippen LogP contribution in [0.25, 0.3) is 33.3 Å². The van der Waals surface area contributed by atoms with Gasteiger partial charge in [0, 0.05) is 118 Å². The highest BCUT2D eigenvalue weighted by Gasteiger charge is 2.50. The molecule has 5 aliphatic heterocycles. The number of hydrogen-bond donors (Lipinski definition) is 8. The lowest BCUT2D eigenvalue weighted by Gasteiger charge is -2.38. The molecule has 3 amide bonds. The van der Waals surface area contributed by atoms with E-state index >= 15 is 4.79 Å². The lowest BCUT2D eigenvalue weighted by Crippen LogP contribution is -2.47. The molecular weight excluding hydrogens is 1140 g/mol. The first-order valence-corrected chi connectivity index (χ1v) is 30.2. The van der Waals surface area contributed by atoms with E-state index < -0.39 is 144 Å². The molecule has 2 aromatic carbocycles. The normalized spacial score (nSPS) is 26.1. The van der Waals surface area contributed by atoms with Crippen molar-refractivity contribution in [3.05, 3.63) is 69.6 Å². The summed E-state index contributed by atoms with van der Waals surface area (Å²) in [5.74, 6) is -13.4. The number of amides is 3. The fourth-order valence-corrected chi connectivity index (χ4v) is 11.6. The van der Waals surface area contributed by atoms with E-state index in [0.29, 0.717) is 24.7 Å². The van der Waals surface area contributed by atoms with Crippen molar-refractivity contribution in [3.63, 3.8) is 0 Å². The van der Waals surface area contributed by atoms with Crippen molar-refractivity contribution < 1.29 is 86.6 Å². The van der Waals surface area contributed by atoms with Crippen LogP contribution in [0.4, 0.5) is 11.4 Å². The number of ketones is 1. The molecule has 8 rings (SSSR count). The van der Waals surface area contributed by atoms with Gasteiger partial charge >= 0.3 is 25.3 Å². The summed E-state index contributed by atoms with van der Waals surface area (Å²) in [4.78, 5) is 135. The van der Waals surface area contributed by atoms with Gasteiger partial charge in [0.05, 0.1) is 29.7 Å². The lowest BCUT2D eigenvalue weighted by molar-refractivity contribution is -0.164. The number of anilines is 2. The number of esters is 2. The molecule has 25 nitrogen and oxygen atoms in total. The minimum Gasteiger partial charge on any atom is -0.507 e. The molecule has 5 bridgehead atoms. The molecule has 86 heavy (non-hydrogen) atoms. The van der Waals surface area contributed by atoms with Gasteiger partial charge in [-0.3, -0.25) is 43.0 Å². The van der Waals surface area contributed by atoms with Crippen molar-refractivity contribution in [1.82, 2.24) is 20.5 Å². The number of ether oxygens (including phenoxy) is 4. The summed E-state index contributed by atoms with van der Waals surface area (Å²) < 4.78 is 42.3.